The smallest absolute Gasteiger partial charge is 0.315 e. The second kappa shape index (κ2) is 9.29. The molecule has 2 fully saturated rings. The highest BCUT2D eigenvalue weighted by atomic mass is 16.6. The first kappa shape index (κ1) is 22.7. The third kappa shape index (κ3) is 4.25. The van der Waals surface area contributed by atoms with E-state index in [4.69, 9.17) is 23.7 Å². The number of esters is 1. The van der Waals surface area contributed by atoms with Crippen molar-refractivity contribution in [2.24, 2.45) is 5.41 Å². The molecular weight excluding hydrogens is 436 g/mol. The molecule has 1 aliphatic heterocycles. The van der Waals surface area contributed by atoms with E-state index in [1.54, 1.807) is 14.2 Å². The zero-order valence-corrected chi connectivity index (χ0v) is 19.7. The minimum atomic E-state index is -0.631. The molecule has 5 rings (SSSR count). The summed E-state index contributed by atoms with van der Waals surface area (Å²) in [4.78, 5) is 25.1. The largest absolute Gasteiger partial charge is 0.493 e. The van der Waals surface area contributed by atoms with Crippen LogP contribution in [0.2, 0.25) is 0 Å². The summed E-state index contributed by atoms with van der Waals surface area (Å²) in [6.07, 6.45) is 4.14. The van der Waals surface area contributed by atoms with Gasteiger partial charge in [0.25, 0.3) is 0 Å². The molecule has 3 aliphatic rings. The van der Waals surface area contributed by atoms with Crippen molar-refractivity contribution in [1.29, 1.82) is 0 Å². The molecule has 0 atom stereocenters. The van der Waals surface area contributed by atoms with Gasteiger partial charge in [-0.25, -0.2) is 0 Å². The van der Waals surface area contributed by atoms with Crippen LogP contribution in [0.5, 0.6) is 17.2 Å². The maximum Gasteiger partial charge on any atom is 0.315 e. The van der Waals surface area contributed by atoms with Gasteiger partial charge in [-0.2, -0.15) is 0 Å². The van der Waals surface area contributed by atoms with Gasteiger partial charge in [0, 0.05) is 30.4 Å². The van der Waals surface area contributed by atoms with Crippen LogP contribution < -0.4 is 14.2 Å². The number of Topliss-reactive ketones (excluding diaryl/α,β-unsaturated/α-hetero) is 1. The molecule has 0 aromatic heterocycles. The first-order valence-corrected chi connectivity index (χ1v) is 11.9. The quantitative estimate of drug-likeness (QED) is 0.534. The van der Waals surface area contributed by atoms with Crippen molar-refractivity contribution in [3.8, 4) is 28.4 Å². The average Bonchev–Trinajstić information content (AvgIpc) is 3.58. The first-order valence-electron chi connectivity index (χ1n) is 11.9. The molecule has 34 heavy (non-hydrogen) atoms. The van der Waals surface area contributed by atoms with Crippen molar-refractivity contribution in [2.45, 2.75) is 44.6 Å². The van der Waals surface area contributed by atoms with Crippen molar-refractivity contribution in [2.75, 3.05) is 34.0 Å². The van der Waals surface area contributed by atoms with Gasteiger partial charge < -0.3 is 23.7 Å². The van der Waals surface area contributed by atoms with E-state index in [1.165, 1.54) is 0 Å². The van der Waals surface area contributed by atoms with E-state index in [1.807, 2.05) is 30.3 Å². The summed E-state index contributed by atoms with van der Waals surface area (Å²) in [5.41, 5.74) is 2.96. The number of benzene rings is 2. The molecule has 7 heteroatoms. The van der Waals surface area contributed by atoms with Gasteiger partial charge >= 0.3 is 5.97 Å². The Hall–Kier alpha value is -3.06. The molecule has 0 spiro atoms. The Kier molecular flexibility index (Phi) is 6.21. The van der Waals surface area contributed by atoms with Crippen molar-refractivity contribution in [3.63, 3.8) is 0 Å². The maximum atomic E-state index is 13.0. The number of carbonyl (C=O) groups excluding carboxylic acids is 2. The van der Waals surface area contributed by atoms with Gasteiger partial charge in [0.15, 0.2) is 17.3 Å². The van der Waals surface area contributed by atoms with Crippen molar-refractivity contribution in [1.82, 2.24) is 0 Å². The van der Waals surface area contributed by atoms with Crippen LogP contribution in [-0.2, 0) is 20.7 Å². The summed E-state index contributed by atoms with van der Waals surface area (Å²) >= 11 is 0. The third-order valence-corrected chi connectivity index (χ3v) is 7.06. The number of ketones is 1. The van der Waals surface area contributed by atoms with Crippen LogP contribution in [0.1, 0.15) is 48.0 Å². The van der Waals surface area contributed by atoms with Crippen LogP contribution in [0.15, 0.2) is 30.3 Å². The second-order valence-corrected chi connectivity index (χ2v) is 9.26. The Morgan fingerprint density at radius 2 is 1.76 bits per heavy atom. The molecular formula is C27H30O7. The Labute approximate surface area is 199 Å². The van der Waals surface area contributed by atoms with E-state index in [2.05, 4.69) is 0 Å². The number of methoxy groups -OCH3 is 2. The van der Waals surface area contributed by atoms with Gasteiger partial charge in [-0.1, -0.05) is 18.2 Å². The van der Waals surface area contributed by atoms with E-state index >= 15 is 0 Å². The Bertz CT molecular complexity index is 1100. The van der Waals surface area contributed by atoms with E-state index in [-0.39, 0.29) is 24.5 Å². The lowest BCUT2D eigenvalue weighted by molar-refractivity contribution is -0.161. The standard InChI is InChI=1S/C27H30O7/c1-30-23-8-6-21(18-3-5-20-17(15-18)4-7-22(20)28)24(25(23)31-2)33-16-27(11-12-27)26(29)34-19-9-13-32-14-10-19/h3,5-6,8,15,19H,4,7,9-14,16H2,1-2H3. The Morgan fingerprint density at radius 1 is 1.00 bits per heavy atom. The number of hydrogen-bond acceptors (Lipinski definition) is 7. The van der Waals surface area contributed by atoms with E-state index in [0.717, 1.165) is 54.4 Å². The molecule has 2 aliphatic carbocycles. The van der Waals surface area contributed by atoms with Crippen molar-refractivity contribution < 1.29 is 33.3 Å². The summed E-state index contributed by atoms with van der Waals surface area (Å²) in [5, 5.41) is 0. The number of carbonyl (C=O) groups is 2. The number of hydrogen-bond donors (Lipinski definition) is 0. The summed E-state index contributed by atoms with van der Waals surface area (Å²) in [5.74, 6) is 1.54. The fourth-order valence-corrected chi connectivity index (χ4v) is 4.73. The molecule has 1 heterocycles. The molecule has 1 saturated carbocycles. The molecule has 180 valence electrons. The summed E-state index contributed by atoms with van der Waals surface area (Å²) in [6.45, 7) is 1.45. The molecule has 2 aromatic carbocycles. The molecule has 0 radical (unpaired) electrons. The lowest BCUT2D eigenvalue weighted by Crippen LogP contribution is -2.32. The van der Waals surface area contributed by atoms with Gasteiger partial charge in [0.2, 0.25) is 5.75 Å². The molecule has 0 bridgehead atoms. The molecule has 7 nitrogen and oxygen atoms in total. The zero-order chi connectivity index (χ0) is 23.7. The molecule has 0 amide bonds. The normalized spacial score (nSPS) is 18.8. The van der Waals surface area contributed by atoms with Gasteiger partial charge in [0.1, 0.15) is 18.1 Å². The zero-order valence-electron chi connectivity index (χ0n) is 19.7. The molecule has 0 N–H and O–H groups in total. The van der Waals surface area contributed by atoms with Crippen LogP contribution in [0, 0.1) is 5.41 Å². The molecule has 0 unspecified atom stereocenters. The predicted molar refractivity (Wildman–Crippen MR) is 125 cm³/mol. The molecule has 1 saturated heterocycles. The van der Waals surface area contributed by atoms with Gasteiger partial charge in [-0.15, -0.1) is 0 Å². The van der Waals surface area contributed by atoms with Crippen LogP contribution in [0.25, 0.3) is 11.1 Å². The van der Waals surface area contributed by atoms with E-state index in [0.29, 0.717) is 36.9 Å². The fourth-order valence-electron chi connectivity index (χ4n) is 4.73. The van der Waals surface area contributed by atoms with Crippen LogP contribution in [0.3, 0.4) is 0 Å². The van der Waals surface area contributed by atoms with Crippen LogP contribution in [0.4, 0.5) is 0 Å². The topological polar surface area (TPSA) is 80.3 Å². The number of rotatable bonds is 8. The lowest BCUT2D eigenvalue weighted by Gasteiger charge is -2.25. The third-order valence-electron chi connectivity index (χ3n) is 7.06. The van der Waals surface area contributed by atoms with Crippen LogP contribution in [-0.4, -0.2) is 51.9 Å². The number of ether oxygens (including phenoxy) is 5. The minimum Gasteiger partial charge on any atom is -0.493 e. The van der Waals surface area contributed by atoms with E-state index in [9.17, 15) is 9.59 Å². The minimum absolute atomic E-state index is 0.0882. The highest BCUT2D eigenvalue weighted by Crippen LogP contribution is 2.50. The van der Waals surface area contributed by atoms with Crippen molar-refractivity contribution in [3.05, 3.63) is 41.5 Å². The Balaban J connectivity index is 1.41. The first-order chi connectivity index (χ1) is 16.5. The van der Waals surface area contributed by atoms with E-state index < -0.39 is 5.41 Å². The fraction of sp³-hybridized carbons (Fsp3) is 0.481. The number of aryl methyl sites for hydroxylation is 1. The van der Waals surface area contributed by atoms with Gasteiger partial charge in [-0.05, 0) is 42.5 Å². The number of fused-ring (bicyclic) bond motifs is 1. The SMILES string of the molecule is COc1ccc(-c2ccc3c(c2)CCC3=O)c(OCC2(C(=O)OC3CCOCC3)CC2)c1OC. The molecule has 2 aromatic rings. The van der Waals surface area contributed by atoms with Crippen molar-refractivity contribution >= 4 is 11.8 Å². The Morgan fingerprint density at radius 3 is 2.47 bits per heavy atom. The van der Waals surface area contributed by atoms with Crippen LogP contribution >= 0.6 is 0 Å². The van der Waals surface area contributed by atoms with Gasteiger partial charge in [0.05, 0.1) is 27.4 Å². The summed E-state index contributed by atoms with van der Waals surface area (Å²) < 4.78 is 28.7. The summed E-state index contributed by atoms with van der Waals surface area (Å²) in [7, 11) is 3.15. The highest BCUT2D eigenvalue weighted by molar-refractivity contribution is 6.01. The monoisotopic (exact) mass is 466 g/mol. The predicted octanol–water partition coefficient (Wildman–Crippen LogP) is 4.38. The second-order valence-electron chi connectivity index (χ2n) is 9.26. The lowest BCUT2D eigenvalue weighted by atomic mass is 9.99. The average molecular weight is 467 g/mol. The summed E-state index contributed by atoms with van der Waals surface area (Å²) in [6, 6.07) is 9.62. The highest BCUT2D eigenvalue weighted by Gasteiger charge is 2.53. The maximum absolute atomic E-state index is 13.0. The van der Waals surface area contributed by atoms with Gasteiger partial charge in [-0.3, -0.25) is 9.59 Å².